The first-order valence-electron chi connectivity index (χ1n) is 5.99. The molecule has 88 valence electrons. The molecule has 0 heterocycles. The van der Waals surface area contributed by atoms with E-state index >= 15 is 0 Å². The zero-order valence-electron chi connectivity index (χ0n) is 9.92. The van der Waals surface area contributed by atoms with Gasteiger partial charge in [-0.05, 0) is 32.1 Å². The fourth-order valence-electron chi connectivity index (χ4n) is 1.92. The Balaban J connectivity index is 2.33. The molecule has 1 unspecified atom stereocenters. The Morgan fingerprint density at radius 1 is 1.47 bits per heavy atom. The highest BCUT2D eigenvalue weighted by Crippen LogP contribution is 2.27. The van der Waals surface area contributed by atoms with E-state index in [1.54, 1.807) is 0 Å². The molecule has 15 heavy (non-hydrogen) atoms. The predicted octanol–water partition coefficient (Wildman–Crippen LogP) is 2.09. The molecule has 0 aromatic rings. The third kappa shape index (κ3) is 3.20. The molecule has 0 aliphatic heterocycles. The lowest BCUT2D eigenvalue weighted by molar-refractivity contribution is -0.156. The summed E-state index contributed by atoms with van der Waals surface area (Å²) in [6.07, 6.45) is 5.72. The number of carbonyl (C=O) groups is 1. The molecular formula is C12H23NO2. The van der Waals surface area contributed by atoms with E-state index in [1.165, 1.54) is 25.7 Å². The molecule has 1 aliphatic rings. The summed E-state index contributed by atoms with van der Waals surface area (Å²) in [5, 5.41) is 0. The summed E-state index contributed by atoms with van der Waals surface area (Å²) in [6, 6.07) is 0. The predicted molar refractivity (Wildman–Crippen MR) is 60.4 cm³/mol. The van der Waals surface area contributed by atoms with E-state index < -0.39 is 5.41 Å². The summed E-state index contributed by atoms with van der Waals surface area (Å²) in [6.45, 7) is 4.81. The van der Waals surface area contributed by atoms with Crippen LogP contribution in [0.1, 0.15) is 46.0 Å². The van der Waals surface area contributed by atoms with Gasteiger partial charge in [-0.2, -0.15) is 0 Å². The van der Waals surface area contributed by atoms with Gasteiger partial charge in [0.05, 0.1) is 12.0 Å². The van der Waals surface area contributed by atoms with Gasteiger partial charge < -0.3 is 10.5 Å². The quantitative estimate of drug-likeness (QED) is 0.711. The van der Waals surface area contributed by atoms with Crippen LogP contribution in [-0.4, -0.2) is 19.1 Å². The van der Waals surface area contributed by atoms with Crippen LogP contribution in [0.3, 0.4) is 0 Å². The minimum Gasteiger partial charge on any atom is -0.465 e. The van der Waals surface area contributed by atoms with E-state index in [0.29, 0.717) is 19.1 Å². The molecule has 0 aromatic heterocycles. The van der Waals surface area contributed by atoms with E-state index in [1.807, 2.05) is 13.8 Å². The summed E-state index contributed by atoms with van der Waals surface area (Å²) in [7, 11) is 0. The van der Waals surface area contributed by atoms with Gasteiger partial charge in [0, 0.05) is 6.54 Å². The van der Waals surface area contributed by atoms with Crippen LogP contribution in [0.4, 0.5) is 0 Å². The second kappa shape index (κ2) is 5.50. The molecule has 3 heteroatoms. The van der Waals surface area contributed by atoms with E-state index in [-0.39, 0.29) is 5.97 Å². The topological polar surface area (TPSA) is 52.3 Å². The summed E-state index contributed by atoms with van der Waals surface area (Å²) >= 11 is 0. The molecule has 0 saturated heterocycles. The standard InChI is InChI=1S/C12H23NO2/c1-3-12(2,9-13)11(14)15-8-10-6-4-5-7-10/h10H,3-9,13H2,1-2H3. The third-order valence-electron chi connectivity index (χ3n) is 3.65. The van der Waals surface area contributed by atoms with Crippen LogP contribution in [0.5, 0.6) is 0 Å². The van der Waals surface area contributed by atoms with Gasteiger partial charge in [-0.25, -0.2) is 0 Å². The smallest absolute Gasteiger partial charge is 0.313 e. The van der Waals surface area contributed by atoms with Crippen molar-refractivity contribution < 1.29 is 9.53 Å². The van der Waals surface area contributed by atoms with Gasteiger partial charge in [0.1, 0.15) is 0 Å². The highest BCUT2D eigenvalue weighted by molar-refractivity contribution is 5.76. The lowest BCUT2D eigenvalue weighted by Gasteiger charge is -2.24. The maximum atomic E-state index is 11.8. The van der Waals surface area contributed by atoms with Crippen LogP contribution in [0, 0.1) is 11.3 Å². The number of hydrogen-bond donors (Lipinski definition) is 1. The van der Waals surface area contributed by atoms with Crippen LogP contribution < -0.4 is 5.73 Å². The summed E-state index contributed by atoms with van der Waals surface area (Å²) in [5.74, 6) is 0.465. The van der Waals surface area contributed by atoms with E-state index in [4.69, 9.17) is 10.5 Å². The first-order valence-corrected chi connectivity index (χ1v) is 5.99. The molecule has 1 fully saturated rings. The maximum absolute atomic E-state index is 11.8. The van der Waals surface area contributed by atoms with Crippen molar-refractivity contribution in [1.29, 1.82) is 0 Å². The third-order valence-corrected chi connectivity index (χ3v) is 3.65. The van der Waals surface area contributed by atoms with Crippen molar-refractivity contribution in [2.45, 2.75) is 46.0 Å². The molecule has 1 aliphatic carbocycles. The summed E-state index contributed by atoms with van der Waals surface area (Å²) < 4.78 is 5.35. The van der Waals surface area contributed by atoms with Crippen molar-refractivity contribution >= 4 is 5.97 Å². The van der Waals surface area contributed by atoms with Crippen LogP contribution >= 0.6 is 0 Å². The summed E-state index contributed by atoms with van der Waals surface area (Å²) in [4.78, 5) is 11.8. The number of hydrogen-bond acceptors (Lipinski definition) is 3. The Morgan fingerprint density at radius 3 is 2.53 bits per heavy atom. The SMILES string of the molecule is CCC(C)(CN)C(=O)OCC1CCCC1. The molecule has 0 bridgehead atoms. The highest BCUT2D eigenvalue weighted by atomic mass is 16.5. The number of nitrogens with two attached hydrogens (primary N) is 1. The van der Waals surface area contributed by atoms with Gasteiger partial charge in [-0.15, -0.1) is 0 Å². The van der Waals surface area contributed by atoms with Crippen molar-refractivity contribution in [3.63, 3.8) is 0 Å². The molecular weight excluding hydrogens is 190 g/mol. The van der Waals surface area contributed by atoms with Crippen molar-refractivity contribution in [2.24, 2.45) is 17.1 Å². The molecule has 0 radical (unpaired) electrons. The summed E-state index contributed by atoms with van der Waals surface area (Å²) in [5.41, 5.74) is 5.11. The number of carbonyl (C=O) groups excluding carboxylic acids is 1. The van der Waals surface area contributed by atoms with Crippen LogP contribution in [0.15, 0.2) is 0 Å². The molecule has 0 aromatic carbocycles. The van der Waals surface area contributed by atoms with Crippen LogP contribution in [0.2, 0.25) is 0 Å². The zero-order valence-corrected chi connectivity index (χ0v) is 9.92. The van der Waals surface area contributed by atoms with E-state index in [9.17, 15) is 4.79 Å². The normalized spacial score (nSPS) is 21.3. The molecule has 1 atom stereocenters. The Kier molecular flexibility index (Phi) is 4.58. The Hall–Kier alpha value is -0.570. The van der Waals surface area contributed by atoms with Crippen LogP contribution in [-0.2, 0) is 9.53 Å². The van der Waals surface area contributed by atoms with Gasteiger partial charge >= 0.3 is 5.97 Å². The zero-order chi connectivity index (χ0) is 11.3. The fourth-order valence-corrected chi connectivity index (χ4v) is 1.92. The van der Waals surface area contributed by atoms with E-state index in [0.717, 1.165) is 6.42 Å². The molecule has 0 spiro atoms. The average Bonchev–Trinajstić information content (AvgIpc) is 2.77. The average molecular weight is 213 g/mol. The first-order chi connectivity index (χ1) is 7.12. The van der Waals surface area contributed by atoms with Crippen molar-refractivity contribution in [2.75, 3.05) is 13.2 Å². The minimum atomic E-state index is -0.487. The van der Waals surface area contributed by atoms with Crippen molar-refractivity contribution in [1.82, 2.24) is 0 Å². The van der Waals surface area contributed by atoms with Crippen molar-refractivity contribution in [3.8, 4) is 0 Å². The Labute approximate surface area is 92.4 Å². The monoisotopic (exact) mass is 213 g/mol. The van der Waals surface area contributed by atoms with Gasteiger partial charge in [0.2, 0.25) is 0 Å². The second-order valence-corrected chi connectivity index (χ2v) is 4.87. The molecule has 2 N–H and O–H groups in total. The fraction of sp³-hybridized carbons (Fsp3) is 0.917. The number of esters is 1. The van der Waals surface area contributed by atoms with Gasteiger partial charge in [0.15, 0.2) is 0 Å². The Morgan fingerprint density at radius 2 is 2.07 bits per heavy atom. The van der Waals surface area contributed by atoms with E-state index in [2.05, 4.69) is 0 Å². The lowest BCUT2D eigenvalue weighted by Crippen LogP contribution is -2.37. The largest absolute Gasteiger partial charge is 0.465 e. The van der Waals surface area contributed by atoms with Gasteiger partial charge in [-0.1, -0.05) is 19.8 Å². The molecule has 0 amide bonds. The number of rotatable bonds is 5. The van der Waals surface area contributed by atoms with Gasteiger partial charge in [0.25, 0.3) is 0 Å². The number of ether oxygens (including phenoxy) is 1. The van der Waals surface area contributed by atoms with Gasteiger partial charge in [-0.3, -0.25) is 4.79 Å². The molecule has 1 saturated carbocycles. The van der Waals surface area contributed by atoms with Crippen molar-refractivity contribution in [3.05, 3.63) is 0 Å². The second-order valence-electron chi connectivity index (χ2n) is 4.87. The highest BCUT2D eigenvalue weighted by Gasteiger charge is 2.32. The molecule has 3 nitrogen and oxygen atoms in total. The lowest BCUT2D eigenvalue weighted by atomic mass is 9.88. The minimum absolute atomic E-state index is 0.126. The Bertz CT molecular complexity index is 206. The first kappa shape index (κ1) is 12.5. The molecule has 1 rings (SSSR count). The van der Waals surface area contributed by atoms with Crippen LogP contribution in [0.25, 0.3) is 0 Å². The maximum Gasteiger partial charge on any atom is 0.313 e.